The number of rotatable bonds is 49. The minimum Gasteiger partial charge on any atom is -0.480 e. The Balaban J connectivity index is 3.79. The smallest absolute Gasteiger partial charge is 0.472 e. The normalized spacial score (nSPS) is 13.6. The van der Waals surface area contributed by atoms with Gasteiger partial charge < -0.3 is 25.2 Å². The Hall–Kier alpha value is -1.78. The molecule has 0 spiro atoms. The third-order valence-electron chi connectivity index (χ3n) is 11.6. The second-order valence-electron chi connectivity index (χ2n) is 17.7. The highest BCUT2D eigenvalue weighted by Crippen LogP contribution is 2.43. The summed E-state index contributed by atoms with van der Waals surface area (Å²) in [6.07, 6.45) is 48.0. The lowest BCUT2D eigenvalue weighted by molar-refractivity contribution is -0.147. The monoisotopic (exact) mass is 902 g/mol. The molecule has 0 aliphatic rings. The van der Waals surface area contributed by atoms with Gasteiger partial charge in [-0.05, 0) is 38.5 Å². The summed E-state index contributed by atoms with van der Waals surface area (Å²) in [4.78, 5) is 46.1. The van der Waals surface area contributed by atoms with Gasteiger partial charge in [0, 0.05) is 12.8 Å². The number of esters is 1. The molecule has 3 unspecified atom stereocenters. The quantitative estimate of drug-likeness (QED) is 0.0200. The summed E-state index contributed by atoms with van der Waals surface area (Å²) < 4.78 is 26.9. The minimum absolute atomic E-state index is 0.152. The number of carbonyl (C=O) groups is 3. The van der Waals surface area contributed by atoms with Crippen molar-refractivity contribution >= 4 is 25.7 Å². The van der Waals surface area contributed by atoms with E-state index >= 15 is 0 Å². The van der Waals surface area contributed by atoms with Crippen LogP contribution < -0.4 is 5.32 Å². The zero-order chi connectivity index (χ0) is 45.6. The highest BCUT2D eigenvalue weighted by atomic mass is 31.2. The van der Waals surface area contributed by atoms with Crippen molar-refractivity contribution in [3.63, 3.8) is 0 Å². The van der Waals surface area contributed by atoms with E-state index in [1.165, 1.54) is 180 Å². The number of nitrogens with one attached hydrogen (secondary N) is 1. The number of hydrogen-bond donors (Lipinski definition) is 4. The maximum atomic E-state index is 12.3. The molecule has 366 valence electrons. The molecule has 0 radical (unpaired) electrons. The molecule has 0 saturated heterocycles. The Labute approximate surface area is 379 Å². The summed E-state index contributed by atoms with van der Waals surface area (Å²) in [7, 11) is -4.76. The fourth-order valence-electron chi connectivity index (χ4n) is 7.55. The van der Waals surface area contributed by atoms with Crippen molar-refractivity contribution in [3.8, 4) is 0 Å². The van der Waals surface area contributed by atoms with Crippen LogP contribution in [0.4, 0.5) is 0 Å². The molecule has 0 heterocycles. The number of carboxylic acids is 1. The number of hydrogen-bond acceptors (Lipinski definition) is 8. The van der Waals surface area contributed by atoms with E-state index in [4.69, 9.17) is 13.8 Å². The van der Waals surface area contributed by atoms with Gasteiger partial charge in [0.25, 0.3) is 0 Å². The number of phosphoric ester groups is 1. The molecule has 3 atom stereocenters. The number of aliphatic hydroxyl groups is 1. The number of aliphatic carboxylic acids is 1. The molecular weight excluding hydrogens is 806 g/mol. The lowest BCUT2D eigenvalue weighted by atomic mass is 10.0. The summed E-state index contributed by atoms with van der Waals surface area (Å²) >= 11 is 0. The van der Waals surface area contributed by atoms with E-state index < -0.39 is 57.6 Å². The van der Waals surface area contributed by atoms with Gasteiger partial charge in [0.2, 0.25) is 5.91 Å². The molecule has 62 heavy (non-hydrogen) atoms. The van der Waals surface area contributed by atoms with Gasteiger partial charge in [-0.3, -0.25) is 18.6 Å². The molecule has 0 aliphatic heterocycles. The van der Waals surface area contributed by atoms with Crippen molar-refractivity contribution in [2.45, 2.75) is 270 Å². The van der Waals surface area contributed by atoms with Gasteiger partial charge in [-0.25, -0.2) is 9.36 Å². The zero-order valence-electron chi connectivity index (χ0n) is 39.9. The van der Waals surface area contributed by atoms with Crippen LogP contribution >= 0.6 is 7.82 Å². The van der Waals surface area contributed by atoms with Gasteiger partial charge in [-0.15, -0.1) is 0 Å². The molecule has 0 fully saturated rings. The second kappa shape index (κ2) is 45.8. The molecule has 0 bridgehead atoms. The number of carbonyl (C=O) groups excluding carboxylic acids is 2. The number of unbranched alkanes of at least 4 members (excludes halogenated alkanes) is 33. The number of aliphatic hydroxyl groups excluding tert-OH is 1. The molecule has 0 aromatic heterocycles. The van der Waals surface area contributed by atoms with E-state index in [2.05, 4.69) is 31.3 Å². The van der Waals surface area contributed by atoms with Crippen molar-refractivity contribution in [1.29, 1.82) is 0 Å². The van der Waals surface area contributed by atoms with Gasteiger partial charge in [-0.1, -0.05) is 219 Å². The van der Waals surface area contributed by atoms with Gasteiger partial charge in [-0.2, -0.15) is 0 Å². The van der Waals surface area contributed by atoms with E-state index in [1.54, 1.807) is 0 Å². The summed E-state index contributed by atoms with van der Waals surface area (Å²) in [5, 5.41) is 21.9. The Morgan fingerprint density at radius 1 is 0.500 bits per heavy atom. The number of amides is 1. The first-order valence-electron chi connectivity index (χ1n) is 25.7. The number of phosphoric acid groups is 1. The highest BCUT2D eigenvalue weighted by Gasteiger charge is 2.28. The molecule has 4 N–H and O–H groups in total. The molecule has 0 rings (SSSR count). The average Bonchev–Trinajstić information content (AvgIpc) is 3.25. The topological polar surface area (TPSA) is 169 Å². The van der Waals surface area contributed by atoms with Crippen molar-refractivity contribution < 1.29 is 47.8 Å². The molecule has 0 aliphatic carbocycles. The van der Waals surface area contributed by atoms with Crippen molar-refractivity contribution in [2.75, 3.05) is 19.8 Å². The van der Waals surface area contributed by atoms with Crippen LogP contribution in [0.5, 0.6) is 0 Å². The molecule has 0 saturated carbocycles. The van der Waals surface area contributed by atoms with E-state index in [0.29, 0.717) is 12.8 Å². The lowest BCUT2D eigenvalue weighted by Crippen LogP contribution is -2.43. The first kappa shape index (κ1) is 60.2. The van der Waals surface area contributed by atoms with E-state index in [9.17, 15) is 34.1 Å². The maximum absolute atomic E-state index is 12.3. The van der Waals surface area contributed by atoms with Crippen LogP contribution in [0.25, 0.3) is 0 Å². The van der Waals surface area contributed by atoms with Crippen molar-refractivity contribution in [3.05, 3.63) is 12.2 Å². The van der Waals surface area contributed by atoms with E-state index in [-0.39, 0.29) is 12.8 Å². The second-order valence-corrected chi connectivity index (χ2v) is 19.2. The molecular formula is C50H96NO10P. The predicted octanol–water partition coefficient (Wildman–Crippen LogP) is 14.0. The van der Waals surface area contributed by atoms with Crippen LogP contribution in [-0.2, 0) is 32.7 Å². The van der Waals surface area contributed by atoms with Crippen molar-refractivity contribution in [2.24, 2.45) is 0 Å². The van der Waals surface area contributed by atoms with E-state index in [0.717, 1.165) is 38.5 Å². The summed E-state index contributed by atoms with van der Waals surface area (Å²) in [6, 6.07) is -1.54. The first-order chi connectivity index (χ1) is 30.1. The minimum atomic E-state index is -4.76. The maximum Gasteiger partial charge on any atom is 0.472 e. The Kier molecular flexibility index (Phi) is 44.5. The van der Waals surface area contributed by atoms with Gasteiger partial charge in [0.05, 0.1) is 13.2 Å². The fourth-order valence-corrected chi connectivity index (χ4v) is 8.32. The van der Waals surface area contributed by atoms with E-state index in [1.807, 2.05) is 0 Å². The van der Waals surface area contributed by atoms with Gasteiger partial charge in [0.1, 0.15) is 12.7 Å². The van der Waals surface area contributed by atoms with Gasteiger partial charge in [0.15, 0.2) is 6.04 Å². The van der Waals surface area contributed by atoms with Gasteiger partial charge >= 0.3 is 19.8 Å². The Bertz CT molecular complexity index is 1110. The van der Waals surface area contributed by atoms with Crippen LogP contribution in [0, 0.1) is 0 Å². The molecule has 11 nitrogen and oxygen atoms in total. The van der Waals surface area contributed by atoms with Crippen LogP contribution in [0.15, 0.2) is 12.2 Å². The Morgan fingerprint density at radius 3 is 1.23 bits per heavy atom. The molecule has 0 aromatic carbocycles. The first-order valence-corrected chi connectivity index (χ1v) is 27.2. The van der Waals surface area contributed by atoms with Crippen LogP contribution in [-0.4, -0.2) is 64.9 Å². The summed E-state index contributed by atoms with van der Waals surface area (Å²) in [5.74, 6) is -2.35. The number of allylic oxidation sites excluding steroid dienone is 2. The molecule has 12 heteroatoms. The predicted molar refractivity (Wildman–Crippen MR) is 254 cm³/mol. The standard InChI is InChI=1S/C50H96NO10P/c1-3-5-7-9-11-13-15-17-19-21-22-23-24-26-28-30-32-34-36-38-40-42-49(54)59-43-46(52)44-60-62(57,58)61-45-47(50(55)56)51-48(53)41-39-37-35-33-31-29-27-25-20-18-16-14-12-10-8-6-4-2/h17,19,46-47,52H,3-16,18,20-45H2,1-2H3,(H,51,53)(H,55,56)(H,57,58)/b19-17+. The highest BCUT2D eigenvalue weighted by molar-refractivity contribution is 7.47. The molecule has 0 aromatic rings. The van der Waals surface area contributed by atoms with Crippen molar-refractivity contribution in [1.82, 2.24) is 5.32 Å². The third kappa shape index (κ3) is 44.8. The zero-order valence-corrected chi connectivity index (χ0v) is 40.8. The molecule has 1 amide bonds. The Morgan fingerprint density at radius 2 is 0.839 bits per heavy atom. The summed E-state index contributed by atoms with van der Waals surface area (Å²) in [6.45, 7) is 2.64. The average molecular weight is 902 g/mol. The number of ether oxygens (including phenoxy) is 1. The summed E-state index contributed by atoms with van der Waals surface area (Å²) in [5.41, 5.74) is 0. The SMILES string of the molecule is CCCCCCCC/C=C/CCCCCCCCCCCCCC(=O)OCC(O)COP(=O)(O)OCC(NC(=O)CCCCCCCCCCCCCCCCCCC)C(=O)O. The number of carboxylic acid groups (broad SMARTS) is 1. The third-order valence-corrected chi connectivity index (χ3v) is 12.5. The lowest BCUT2D eigenvalue weighted by Gasteiger charge is -2.18. The van der Waals surface area contributed by atoms with Crippen LogP contribution in [0.1, 0.15) is 258 Å². The largest absolute Gasteiger partial charge is 0.480 e. The fraction of sp³-hybridized carbons (Fsp3) is 0.900. The van der Waals surface area contributed by atoms with Crippen LogP contribution in [0.3, 0.4) is 0 Å². The van der Waals surface area contributed by atoms with Crippen LogP contribution in [0.2, 0.25) is 0 Å².